The molecule has 1 aliphatic rings. The molecule has 158 valence electrons. The second-order valence-electron chi connectivity index (χ2n) is 7.71. The number of nitrogens with one attached hydrogen (secondary N) is 2. The minimum Gasteiger partial charge on any atom is -0.495 e. The van der Waals surface area contributed by atoms with Gasteiger partial charge in [-0.2, -0.15) is 0 Å². The van der Waals surface area contributed by atoms with Crippen LogP contribution >= 0.6 is 11.6 Å². The fraction of sp³-hybridized carbons (Fsp3) is 0.524. The lowest BCUT2D eigenvalue weighted by Gasteiger charge is -2.22. The molecule has 1 fully saturated rings. The maximum atomic E-state index is 6.19. The molecular formula is C21H31ClN6O. The number of halogens is 1. The van der Waals surface area contributed by atoms with E-state index < -0.39 is 0 Å². The van der Waals surface area contributed by atoms with Gasteiger partial charge in [0.1, 0.15) is 11.6 Å². The van der Waals surface area contributed by atoms with Gasteiger partial charge in [-0.05, 0) is 30.5 Å². The average Bonchev–Trinajstić information content (AvgIpc) is 3.34. The highest BCUT2D eigenvalue weighted by Gasteiger charge is 2.25. The smallest absolute Gasteiger partial charge is 0.191 e. The van der Waals surface area contributed by atoms with Crippen LogP contribution in [0.3, 0.4) is 0 Å². The predicted octanol–water partition coefficient (Wildman–Crippen LogP) is 3.15. The quantitative estimate of drug-likeness (QED) is 0.534. The van der Waals surface area contributed by atoms with E-state index in [1.165, 1.54) is 0 Å². The Morgan fingerprint density at radius 3 is 2.97 bits per heavy atom. The van der Waals surface area contributed by atoms with Gasteiger partial charge in [0.25, 0.3) is 0 Å². The first-order valence-corrected chi connectivity index (χ1v) is 10.4. The first kappa shape index (κ1) is 21.3. The maximum absolute atomic E-state index is 6.19. The molecule has 0 aliphatic carbocycles. The summed E-state index contributed by atoms with van der Waals surface area (Å²) in [6.45, 7) is 7.81. The van der Waals surface area contributed by atoms with E-state index in [1.54, 1.807) is 14.2 Å². The molecule has 0 bridgehead atoms. The molecule has 3 rings (SSSR count). The monoisotopic (exact) mass is 418 g/mol. The van der Waals surface area contributed by atoms with Gasteiger partial charge in [0.05, 0.1) is 19.3 Å². The Morgan fingerprint density at radius 1 is 1.41 bits per heavy atom. The van der Waals surface area contributed by atoms with Crippen LogP contribution in [-0.4, -0.2) is 48.8 Å². The van der Waals surface area contributed by atoms with Crippen molar-refractivity contribution in [2.45, 2.75) is 39.4 Å². The molecule has 29 heavy (non-hydrogen) atoms. The molecular weight excluding hydrogens is 388 g/mol. The van der Waals surface area contributed by atoms with Crippen molar-refractivity contribution in [3.63, 3.8) is 0 Å². The topological polar surface area (TPSA) is 66.7 Å². The van der Waals surface area contributed by atoms with E-state index in [2.05, 4.69) is 43.9 Å². The van der Waals surface area contributed by atoms with E-state index >= 15 is 0 Å². The Labute approximate surface area is 178 Å². The average molecular weight is 419 g/mol. The van der Waals surface area contributed by atoms with Crippen molar-refractivity contribution >= 4 is 23.2 Å². The zero-order valence-electron chi connectivity index (χ0n) is 17.7. The van der Waals surface area contributed by atoms with Crippen LogP contribution in [0, 0.1) is 5.92 Å². The molecule has 1 atom stereocenters. The molecule has 0 radical (unpaired) electrons. The molecule has 1 aromatic heterocycles. The Kier molecular flexibility index (Phi) is 7.25. The fourth-order valence-corrected chi connectivity index (χ4v) is 3.79. The third-order valence-electron chi connectivity index (χ3n) is 5.01. The lowest BCUT2D eigenvalue weighted by molar-refractivity contribution is 0.415. The molecule has 1 aromatic carbocycles. The summed E-state index contributed by atoms with van der Waals surface area (Å²) in [7, 11) is 3.48. The Hall–Kier alpha value is -2.41. The molecule has 7 nitrogen and oxygen atoms in total. The molecule has 1 aliphatic heterocycles. The van der Waals surface area contributed by atoms with Gasteiger partial charge in [-0.1, -0.05) is 25.4 Å². The summed E-state index contributed by atoms with van der Waals surface area (Å²) in [6, 6.07) is 6.02. The number of aliphatic imine (C=N–C) groups is 1. The van der Waals surface area contributed by atoms with Crippen molar-refractivity contribution in [3.05, 3.63) is 41.4 Å². The summed E-state index contributed by atoms with van der Waals surface area (Å²) in [5, 5.41) is 7.63. The number of hydrogen-bond donors (Lipinski definition) is 2. The van der Waals surface area contributed by atoms with Crippen LogP contribution in [0.25, 0.3) is 0 Å². The van der Waals surface area contributed by atoms with Crippen LogP contribution in [-0.2, 0) is 13.1 Å². The van der Waals surface area contributed by atoms with Crippen LogP contribution < -0.4 is 20.3 Å². The molecule has 8 heteroatoms. The minimum absolute atomic E-state index is 0.292. The molecule has 2 N–H and O–H groups in total. The summed E-state index contributed by atoms with van der Waals surface area (Å²) in [4.78, 5) is 11.1. The van der Waals surface area contributed by atoms with Gasteiger partial charge < -0.3 is 24.8 Å². The van der Waals surface area contributed by atoms with Gasteiger partial charge >= 0.3 is 0 Å². The Balaban J connectivity index is 1.56. The molecule has 0 spiro atoms. The zero-order valence-corrected chi connectivity index (χ0v) is 18.4. The number of nitrogens with zero attached hydrogens (tertiary/aromatic N) is 4. The van der Waals surface area contributed by atoms with Crippen LogP contribution in [0.15, 0.2) is 35.6 Å². The number of aromatic nitrogens is 2. The van der Waals surface area contributed by atoms with Crippen molar-refractivity contribution in [2.75, 3.05) is 32.1 Å². The Bertz CT molecular complexity index is 834. The number of rotatable bonds is 7. The van der Waals surface area contributed by atoms with Crippen molar-refractivity contribution in [2.24, 2.45) is 10.9 Å². The molecule has 0 amide bonds. The SMILES string of the molecule is CN=C(NCc1nccn1CC(C)C)NC1CCN(c2cc(Cl)ccc2OC)C1. The number of guanidine groups is 1. The zero-order chi connectivity index (χ0) is 20.8. The van der Waals surface area contributed by atoms with Gasteiger partial charge in [0.2, 0.25) is 0 Å². The van der Waals surface area contributed by atoms with Crippen molar-refractivity contribution in [1.82, 2.24) is 20.2 Å². The second-order valence-corrected chi connectivity index (χ2v) is 8.14. The summed E-state index contributed by atoms with van der Waals surface area (Å²) in [6.07, 6.45) is 4.89. The van der Waals surface area contributed by atoms with E-state index in [0.29, 0.717) is 23.5 Å². The van der Waals surface area contributed by atoms with Gasteiger partial charge in [-0.15, -0.1) is 0 Å². The number of anilines is 1. The molecule has 1 saturated heterocycles. The summed E-state index contributed by atoms with van der Waals surface area (Å²) in [5.41, 5.74) is 1.03. The van der Waals surface area contributed by atoms with Crippen LogP contribution in [0.5, 0.6) is 5.75 Å². The van der Waals surface area contributed by atoms with Gasteiger partial charge in [0.15, 0.2) is 5.96 Å². The number of benzene rings is 1. The number of imidazole rings is 1. The van der Waals surface area contributed by atoms with E-state index in [0.717, 1.165) is 49.3 Å². The van der Waals surface area contributed by atoms with Gasteiger partial charge in [-0.3, -0.25) is 4.99 Å². The molecule has 2 heterocycles. The fourth-order valence-electron chi connectivity index (χ4n) is 3.62. The largest absolute Gasteiger partial charge is 0.495 e. The first-order chi connectivity index (χ1) is 14.0. The first-order valence-electron chi connectivity index (χ1n) is 10.1. The van der Waals surface area contributed by atoms with Crippen LogP contribution in [0.4, 0.5) is 5.69 Å². The molecule has 0 saturated carbocycles. The molecule has 2 aromatic rings. The predicted molar refractivity (Wildman–Crippen MR) is 119 cm³/mol. The number of hydrogen-bond acceptors (Lipinski definition) is 4. The minimum atomic E-state index is 0.292. The van der Waals surface area contributed by atoms with Crippen molar-refractivity contribution < 1.29 is 4.74 Å². The van der Waals surface area contributed by atoms with E-state index in [-0.39, 0.29) is 0 Å². The highest BCUT2D eigenvalue weighted by Crippen LogP contribution is 2.33. The van der Waals surface area contributed by atoms with Crippen molar-refractivity contribution in [3.8, 4) is 5.75 Å². The second kappa shape index (κ2) is 9.87. The van der Waals surface area contributed by atoms with Crippen molar-refractivity contribution in [1.29, 1.82) is 0 Å². The summed E-state index contributed by atoms with van der Waals surface area (Å²) >= 11 is 6.19. The number of ether oxygens (including phenoxy) is 1. The maximum Gasteiger partial charge on any atom is 0.191 e. The number of methoxy groups -OCH3 is 1. The lowest BCUT2D eigenvalue weighted by atomic mass is 10.2. The Morgan fingerprint density at radius 2 is 2.24 bits per heavy atom. The third kappa shape index (κ3) is 5.56. The summed E-state index contributed by atoms with van der Waals surface area (Å²) < 4.78 is 7.69. The normalized spacial score (nSPS) is 17.1. The highest BCUT2D eigenvalue weighted by molar-refractivity contribution is 6.30. The van der Waals surface area contributed by atoms with E-state index in [9.17, 15) is 0 Å². The highest BCUT2D eigenvalue weighted by atomic mass is 35.5. The van der Waals surface area contributed by atoms with Gasteiger partial charge in [-0.25, -0.2) is 4.98 Å². The van der Waals surface area contributed by atoms with Gasteiger partial charge in [0, 0.05) is 50.1 Å². The van der Waals surface area contributed by atoms with E-state index in [4.69, 9.17) is 16.3 Å². The summed E-state index contributed by atoms with van der Waals surface area (Å²) in [5.74, 6) is 3.22. The van der Waals surface area contributed by atoms with Crippen LogP contribution in [0.2, 0.25) is 5.02 Å². The lowest BCUT2D eigenvalue weighted by Crippen LogP contribution is -2.44. The molecule has 1 unspecified atom stereocenters. The standard InChI is InChI=1S/C21H31ClN6O/c1-15(2)13-28-10-8-24-20(28)12-25-21(23-3)26-17-7-9-27(14-17)18-11-16(22)5-6-19(18)29-4/h5-6,8,10-11,15,17H,7,9,12-14H2,1-4H3,(H2,23,25,26). The third-order valence-corrected chi connectivity index (χ3v) is 5.25. The van der Waals surface area contributed by atoms with E-state index in [1.807, 2.05) is 30.6 Å². The van der Waals surface area contributed by atoms with Crippen LogP contribution in [0.1, 0.15) is 26.1 Å².